The molecule has 2 unspecified atom stereocenters. The van der Waals surface area contributed by atoms with E-state index in [9.17, 15) is 0 Å². The summed E-state index contributed by atoms with van der Waals surface area (Å²) < 4.78 is 5.19. The zero-order valence-corrected chi connectivity index (χ0v) is 13.8. The topological polar surface area (TPSA) is 34.1 Å². The summed E-state index contributed by atoms with van der Waals surface area (Å²) in [6.07, 6.45) is 5.15. The van der Waals surface area contributed by atoms with E-state index in [4.69, 9.17) is 4.74 Å². The van der Waals surface area contributed by atoms with Crippen molar-refractivity contribution in [3.05, 3.63) is 46.4 Å². The van der Waals surface area contributed by atoms with Crippen molar-refractivity contribution >= 4 is 11.3 Å². The molecule has 2 atom stereocenters. The van der Waals surface area contributed by atoms with Gasteiger partial charge in [0.2, 0.25) is 0 Å². The minimum Gasteiger partial charge on any atom is -0.497 e. The van der Waals surface area contributed by atoms with Gasteiger partial charge in [0.05, 0.1) is 13.2 Å². The van der Waals surface area contributed by atoms with E-state index in [1.807, 2.05) is 23.7 Å². The summed E-state index contributed by atoms with van der Waals surface area (Å²) >= 11 is 1.73. The standard InChI is InChI=1S/C17H24N2OS/c1-4-16(17-18-11-12-21-17)19-13(2)5-6-14-7-9-15(20-3)10-8-14/h7-13,16,19H,4-6H2,1-3H3. The minimum atomic E-state index is 0.371. The predicted octanol–water partition coefficient (Wildman–Crippen LogP) is 4.21. The summed E-state index contributed by atoms with van der Waals surface area (Å²) in [7, 11) is 1.70. The summed E-state index contributed by atoms with van der Waals surface area (Å²) in [5, 5.41) is 6.92. The van der Waals surface area contributed by atoms with Crippen LogP contribution in [0.25, 0.3) is 0 Å². The van der Waals surface area contributed by atoms with E-state index in [2.05, 4.69) is 36.3 Å². The average molecular weight is 304 g/mol. The van der Waals surface area contributed by atoms with Gasteiger partial charge < -0.3 is 10.1 Å². The number of ether oxygens (including phenoxy) is 1. The molecule has 1 aromatic carbocycles. The van der Waals surface area contributed by atoms with Crippen LogP contribution in [0.4, 0.5) is 0 Å². The Morgan fingerprint density at radius 1 is 1.29 bits per heavy atom. The molecular weight excluding hydrogens is 280 g/mol. The van der Waals surface area contributed by atoms with Gasteiger partial charge in [-0.25, -0.2) is 4.98 Å². The molecule has 2 rings (SSSR count). The van der Waals surface area contributed by atoms with Crippen LogP contribution in [0, 0.1) is 0 Å². The number of rotatable bonds is 8. The third-order valence-corrected chi connectivity index (χ3v) is 4.56. The Bertz CT molecular complexity index is 510. The van der Waals surface area contributed by atoms with Crippen LogP contribution in [0.2, 0.25) is 0 Å². The molecule has 2 aromatic rings. The molecule has 114 valence electrons. The van der Waals surface area contributed by atoms with Gasteiger partial charge in [0, 0.05) is 17.6 Å². The van der Waals surface area contributed by atoms with E-state index in [1.165, 1.54) is 10.6 Å². The van der Waals surface area contributed by atoms with Crippen LogP contribution in [0.1, 0.15) is 43.3 Å². The summed E-state index contributed by atoms with van der Waals surface area (Å²) in [5.74, 6) is 0.916. The zero-order valence-electron chi connectivity index (χ0n) is 13.0. The smallest absolute Gasteiger partial charge is 0.118 e. The highest BCUT2D eigenvalue weighted by Crippen LogP contribution is 2.20. The van der Waals surface area contributed by atoms with Crippen molar-refractivity contribution in [2.45, 2.75) is 45.2 Å². The molecule has 0 aliphatic rings. The van der Waals surface area contributed by atoms with Crippen molar-refractivity contribution in [3.63, 3.8) is 0 Å². The summed E-state index contributed by atoms with van der Waals surface area (Å²) in [6.45, 7) is 4.45. The Morgan fingerprint density at radius 2 is 2.05 bits per heavy atom. The number of aromatic nitrogens is 1. The van der Waals surface area contributed by atoms with E-state index >= 15 is 0 Å². The van der Waals surface area contributed by atoms with Crippen LogP contribution < -0.4 is 10.1 Å². The van der Waals surface area contributed by atoms with Crippen molar-refractivity contribution in [1.82, 2.24) is 10.3 Å². The van der Waals surface area contributed by atoms with E-state index in [0.717, 1.165) is 25.0 Å². The molecule has 3 nitrogen and oxygen atoms in total. The van der Waals surface area contributed by atoms with Gasteiger partial charge in [-0.2, -0.15) is 0 Å². The lowest BCUT2D eigenvalue weighted by Crippen LogP contribution is -2.30. The van der Waals surface area contributed by atoms with Gasteiger partial charge in [-0.05, 0) is 43.9 Å². The first kappa shape index (κ1) is 16.0. The third-order valence-electron chi connectivity index (χ3n) is 3.67. The van der Waals surface area contributed by atoms with Crippen LogP contribution in [0.3, 0.4) is 0 Å². The number of nitrogens with one attached hydrogen (secondary N) is 1. The van der Waals surface area contributed by atoms with Gasteiger partial charge in [-0.1, -0.05) is 19.1 Å². The summed E-state index contributed by atoms with van der Waals surface area (Å²) in [5.41, 5.74) is 1.35. The molecule has 0 amide bonds. The molecule has 0 bridgehead atoms. The van der Waals surface area contributed by atoms with Crippen LogP contribution >= 0.6 is 11.3 Å². The highest BCUT2D eigenvalue weighted by atomic mass is 32.1. The van der Waals surface area contributed by atoms with E-state index in [-0.39, 0.29) is 0 Å². The maximum atomic E-state index is 5.19. The van der Waals surface area contributed by atoms with E-state index in [0.29, 0.717) is 12.1 Å². The van der Waals surface area contributed by atoms with Gasteiger partial charge in [0.1, 0.15) is 10.8 Å². The van der Waals surface area contributed by atoms with Crippen LogP contribution in [0.5, 0.6) is 5.75 Å². The molecule has 0 aliphatic heterocycles. The van der Waals surface area contributed by atoms with E-state index < -0.39 is 0 Å². The number of methoxy groups -OCH3 is 1. The van der Waals surface area contributed by atoms with Gasteiger partial charge in [-0.15, -0.1) is 11.3 Å². The van der Waals surface area contributed by atoms with Crippen molar-refractivity contribution in [2.75, 3.05) is 7.11 Å². The van der Waals surface area contributed by atoms with Crippen LogP contribution in [-0.4, -0.2) is 18.1 Å². The largest absolute Gasteiger partial charge is 0.497 e. The maximum Gasteiger partial charge on any atom is 0.118 e. The van der Waals surface area contributed by atoms with Gasteiger partial charge in [0.15, 0.2) is 0 Å². The normalized spacial score (nSPS) is 13.9. The highest BCUT2D eigenvalue weighted by Gasteiger charge is 2.14. The molecule has 21 heavy (non-hydrogen) atoms. The van der Waals surface area contributed by atoms with Crippen molar-refractivity contribution < 1.29 is 4.74 Å². The molecule has 1 heterocycles. The number of nitrogens with zero attached hydrogens (tertiary/aromatic N) is 1. The second-order valence-corrected chi connectivity index (χ2v) is 6.21. The fourth-order valence-electron chi connectivity index (χ4n) is 2.37. The molecule has 0 spiro atoms. The fraction of sp³-hybridized carbons (Fsp3) is 0.471. The molecular formula is C17H24N2OS. The molecule has 4 heteroatoms. The second-order valence-electron chi connectivity index (χ2n) is 5.29. The monoisotopic (exact) mass is 304 g/mol. The van der Waals surface area contributed by atoms with Crippen molar-refractivity contribution in [2.24, 2.45) is 0 Å². The van der Waals surface area contributed by atoms with Crippen LogP contribution in [0.15, 0.2) is 35.8 Å². The molecule has 0 saturated heterocycles. The van der Waals surface area contributed by atoms with Gasteiger partial charge in [0.25, 0.3) is 0 Å². The lowest BCUT2D eigenvalue weighted by Gasteiger charge is -2.20. The van der Waals surface area contributed by atoms with Crippen molar-refractivity contribution in [1.29, 1.82) is 0 Å². The lowest BCUT2D eigenvalue weighted by molar-refractivity contribution is 0.414. The number of hydrogen-bond donors (Lipinski definition) is 1. The molecule has 0 aliphatic carbocycles. The SMILES string of the molecule is CCC(NC(C)CCc1ccc(OC)cc1)c1nccs1. The number of aryl methyl sites for hydroxylation is 1. The second kappa shape index (κ2) is 8.15. The number of hydrogen-bond acceptors (Lipinski definition) is 4. The molecule has 0 fully saturated rings. The number of benzene rings is 1. The summed E-state index contributed by atoms with van der Waals surface area (Å²) in [6, 6.07) is 9.18. The first-order valence-electron chi connectivity index (χ1n) is 7.51. The predicted molar refractivity (Wildman–Crippen MR) is 89.1 cm³/mol. The average Bonchev–Trinajstić information content (AvgIpc) is 3.05. The first-order chi connectivity index (χ1) is 10.2. The quantitative estimate of drug-likeness (QED) is 0.793. The van der Waals surface area contributed by atoms with E-state index in [1.54, 1.807) is 18.4 Å². The minimum absolute atomic E-state index is 0.371. The molecule has 0 radical (unpaired) electrons. The van der Waals surface area contributed by atoms with Crippen LogP contribution in [-0.2, 0) is 6.42 Å². The molecule has 0 saturated carbocycles. The Kier molecular flexibility index (Phi) is 6.21. The number of thiazole rings is 1. The molecule has 1 N–H and O–H groups in total. The van der Waals surface area contributed by atoms with Crippen molar-refractivity contribution in [3.8, 4) is 5.75 Å². The Labute approximate surface area is 131 Å². The summed E-state index contributed by atoms with van der Waals surface area (Å²) in [4.78, 5) is 4.42. The Balaban J connectivity index is 1.82. The Morgan fingerprint density at radius 3 is 2.62 bits per heavy atom. The fourth-order valence-corrected chi connectivity index (χ4v) is 3.15. The maximum absolute atomic E-state index is 5.19. The Hall–Kier alpha value is -1.39. The van der Waals surface area contributed by atoms with Gasteiger partial charge >= 0.3 is 0 Å². The highest BCUT2D eigenvalue weighted by molar-refractivity contribution is 7.09. The van der Waals surface area contributed by atoms with Gasteiger partial charge in [-0.3, -0.25) is 0 Å². The first-order valence-corrected chi connectivity index (χ1v) is 8.39. The molecule has 1 aromatic heterocycles. The zero-order chi connectivity index (χ0) is 15.1. The lowest BCUT2D eigenvalue weighted by atomic mass is 10.0. The third kappa shape index (κ3) is 4.83.